The zero-order chi connectivity index (χ0) is 13.1. The van der Waals surface area contributed by atoms with Gasteiger partial charge >= 0.3 is 0 Å². The van der Waals surface area contributed by atoms with Gasteiger partial charge in [0.2, 0.25) is 5.91 Å². The second-order valence-electron chi connectivity index (χ2n) is 5.10. The Morgan fingerprint density at radius 1 is 1.42 bits per heavy atom. The van der Waals surface area contributed by atoms with Crippen molar-refractivity contribution in [3.63, 3.8) is 0 Å². The van der Waals surface area contributed by atoms with Crippen molar-refractivity contribution in [3.8, 4) is 5.75 Å². The average Bonchev–Trinajstić information content (AvgIpc) is 2.37. The molecule has 1 aromatic carbocycles. The van der Waals surface area contributed by atoms with E-state index in [0.29, 0.717) is 6.61 Å². The highest BCUT2D eigenvalue weighted by Crippen LogP contribution is 2.23. The first kappa shape index (κ1) is 15.8. The van der Waals surface area contributed by atoms with Crippen molar-refractivity contribution in [2.45, 2.75) is 32.4 Å². The van der Waals surface area contributed by atoms with Crippen molar-refractivity contribution in [1.29, 1.82) is 0 Å². The molecule has 2 atom stereocenters. The van der Waals surface area contributed by atoms with Crippen molar-refractivity contribution >= 4 is 18.3 Å². The SMILES string of the molecule is CC(C)[C@@H](N)C(=O)NC1COc2ccccc2C1.Cl. The fourth-order valence-corrected chi connectivity index (χ4v) is 2.02. The van der Waals surface area contributed by atoms with Gasteiger partial charge in [-0.1, -0.05) is 32.0 Å². The van der Waals surface area contributed by atoms with Gasteiger partial charge in [0.15, 0.2) is 0 Å². The molecule has 4 nitrogen and oxygen atoms in total. The lowest BCUT2D eigenvalue weighted by molar-refractivity contribution is -0.124. The van der Waals surface area contributed by atoms with Crippen LogP contribution in [0.5, 0.6) is 5.75 Å². The van der Waals surface area contributed by atoms with Gasteiger partial charge in [0.05, 0.1) is 12.1 Å². The monoisotopic (exact) mass is 284 g/mol. The van der Waals surface area contributed by atoms with Crippen molar-refractivity contribution in [2.75, 3.05) is 6.61 Å². The topological polar surface area (TPSA) is 64.4 Å². The Balaban J connectivity index is 0.00000180. The Kier molecular flexibility index (Phi) is 5.63. The van der Waals surface area contributed by atoms with E-state index in [4.69, 9.17) is 10.5 Å². The van der Waals surface area contributed by atoms with Crippen LogP contribution >= 0.6 is 12.4 Å². The highest BCUT2D eigenvalue weighted by Gasteiger charge is 2.24. The largest absolute Gasteiger partial charge is 0.491 e. The first-order valence-corrected chi connectivity index (χ1v) is 6.34. The molecule has 0 radical (unpaired) electrons. The standard InChI is InChI=1S/C14H20N2O2.ClH/c1-9(2)13(15)14(17)16-11-7-10-5-3-4-6-12(10)18-8-11;/h3-6,9,11,13H,7-8,15H2,1-2H3,(H,16,17);1H/t11?,13-;/m1./s1. The van der Waals surface area contributed by atoms with Gasteiger partial charge in [-0.3, -0.25) is 4.79 Å². The van der Waals surface area contributed by atoms with Crippen LogP contribution in [0.15, 0.2) is 24.3 Å². The number of hydrogen-bond acceptors (Lipinski definition) is 3. The summed E-state index contributed by atoms with van der Waals surface area (Å²) in [6.45, 7) is 4.39. The normalized spacial score (nSPS) is 18.8. The molecule has 2 rings (SSSR count). The highest BCUT2D eigenvalue weighted by molar-refractivity contribution is 5.85. The van der Waals surface area contributed by atoms with Crippen LogP contribution in [0.4, 0.5) is 0 Å². The number of halogens is 1. The summed E-state index contributed by atoms with van der Waals surface area (Å²) in [5.74, 6) is 0.955. The first-order valence-electron chi connectivity index (χ1n) is 6.34. The molecule has 0 spiro atoms. The number of nitrogens with one attached hydrogen (secondary N) is 1. The molecule has 19 heavy (non-hydrogen) atoms. The van der Waals surface area contributed by atoms with Crippen LogP contribution in [0.3, 0.4) is 0 Å². The number of para-hydroxylation sites is 1. The fourth-order valence-electron chi connectivity index (χ4n) is 2.02. The van der Waals surface area contributed by atoms with Gasteiger partial charge < -0.3 is 15.8 Å². The number of carbonyl (C=O) groups is 1. The number of amides is 1. The predicted molar refractivity (Wildman–Crippen MR) is 77.6 cm³/mol. The summed E-state index contributed by atoms with van der Waals surface area (Å²) in [5, 5.41) is 2.95. The van der Waals surface area contributed by atoms with E-state index < -0.39 is 6.04 Å². The summed E-state index contributed by atoms with van der Waals surface area (Å²) in [4.78, 5) is 11.9. The average molecular weight is 285 g/mol. The lowest BCUT2D eigenvalue weighted by Crippen LogP contribution is -2.51. The third-order valence-corrected chi connectivity index (χ3v) is 3.25. The van der Waals surface area contributed by atoms with E-state index in [9.17, 15) is 4.79 Å². The van der Waals surface area contributed by atoms with Crippen LogP contribution in [-0.2, 0) is 11.2 Å². The zero-order valence-electron chi connectivity index (χ0n) is 11.3. The smallest absolute Gasteiger partial charge is 0.237 e. The van der Waals surface area contributed by atoms with Crippen LogP contribution < -0.4 is 15.8 Å². The van der Waals surface area contributed by atoms with Gasteiger partial charge in [-0.2, -0.15) is 0 Å². The molecule has 0 saturated heterocycles. The van der Waals surface area contributed by atoms with Crippen molar-refractivity contribution in [2.24, 2.45) is 11.7 Å². The van der Waals surface area contributed by atoms with E-state index >= 15 is 0 Å². The number of ether oxygens (including phenoxy) is 1. The van der Waals surface area contributed by atoms with Crippen LogP contribution in [0.25, 0.3) is 0 Å². The molecular formula is C14H21ClN2O2. The van der Waals surface area contributed by atoms with E-state index in [2.05, 4.69) is 5.32 Å². The van der Waals surface area contributed by atoms with E-state index in [0.717, 1.165) is 17.7 Å². The van der Waals surface area contributed by atoms with Crippen LogP contribution in [0, 0.1) is 5.92 Å². The van der Waals surface area contributed by atoms with Crippen LogP contribution in [0.2, 0.25) is 0 Å². The molecule has 3 N–H and O–H groups in total. The number of hydrogen-bond donors (Lipinski definition) is 2. The highest BCUT2D eigenvalue weighted by atomic mass is 35.5. The molecule has 1 amide bonds. The Hall–Kier alpha value is -1.26. The quantitative estimate of drug-likeness (QED) is 0.884. The summed E-state index contributed by atoms with van der Waals surface area (Å²) in [6, 6.07) is 7.46. The Labute approximate surface area is 120 Å². The molecule has 106 valence electrons. The van der Waals surface area contributed by atoms with Gasteiger partial charge in [0.25, 0.3) is 0 Å². The Morgan fingerprint density at radius 2 is 2.11 bits per heavy atom. The second kappa shape index (κ2) is 6.78. The lowest BCUT2D eigenvalue weighted by atomic mass is 10.0. The van der Waals surface area contributed by atoms with Gasteiger partial charge in [-0.15, -0.1) is 12.4 Å². The molecule has 0 aliphatic carbocycles. The van der Waals surface area contributed by atoms with E-state index in [-0.39, 0.29) is 30.3 Å². The Morgan fingerprint density at radius 3 is 2.79 bits per heavy atom. The number of nitrogens with two attached hydrogens (primary N) is 1. The van der Waals surface area contributed by atoms with Crippen molar-refractivity contribution < 1.29 is 9.53 Å². The predicted octanol–water partition coefficient (Wildman–Crippen LogP) is 1.51. The van der Waals surface area contributed by atoms with Gasteiger partial charge in [0, 0.05) is 0 Å². The van der Waals surface area contributed by atoms with Crippen LogP contribution in [0.1, 0.15) is 19.4 Å². The molecule has 1 unspecified atom stereocenters. The third-order valence-electron chi connectivity index (χ3n) is 3.25. The van der Waals surface area contributed by atoms with Gasteiger partial charge in [-0.25, -0.2) is 0 Å². The maximum Gasteiger partial charge on any atom is 0.237 e. The zero-order valence-corrected chi connectivity index (χ0v) is 12.1. The van der Waals surface area contributed by atoms with E-state index in [1.165, 1.54) is 0 Å². The molecular weight excluding hydrogens is 264 g/mol. The number of fused-ring (bicyclic) bond motifs is 1. The van der Waals surface area contributed by atoms with Crippen molar-refractivity contribution in [1.82, 2.24) is 5.32 Å². The summed E-state index contributed by atoms with van der Waals surface area (Å²) in [7, 11) is 0. The maximum atomic E-state index is 11.9. The van der Waals surface area contributed by atoms with E-state index in [1.807, 2.05) is 38.1 Å². The minimum atomic E-state index is -0.456. The third kappa shape index (κ3) is 3.85. The minimum Gasteiger partial charge on any atom is -0.491 e. The summed E-state index contributed by atoms with van der Waals surface area (Å²) in [6.07, 6.45) is 0.798. The molecule has 1 aliphatic rings. The fraction of sp³-hybridized carbons (Fsp3) is 0.500. The molecule has 0 fully saturated rings. The number of benzene rings is 1. The van der Waals surface area contributed by atoms with Crippen LogP contribution in [-0.4, -0.2) is 24.6 Å². The molecule has 1 heterocycles. The molecule has 0 saturated carbocycles. The minimum absolute atomic E-state index is 0. The maximum absolute atomic E-state index is 11.9. The Bertz CT molecular complexity index is 437. The number of rotatable bonds is 3. The molecule has 0 aromatic heterocycles. The molecule has 0 bridgehead atoms. The second-order valence-corrected chi connectivity index (χ2v) is 5.10. The van der Waals surface area contributed by atoms with Gasteiger partial charge in [0.1, 0.15) is 12.4 Å². The van der Waals surface area contributed by atoms with Crippen molar-refractivity contribution in [3.05, 3.63) is 29.8 Å². The molecule has 5 heteroatoms. The lowest BCUT2D eigenvalue weighted by Gasteiger charge is -2.27. The number of carbonyl (C=O) groups excluding carboxylic acids is 1. The molecule has 1 aliphatic heterocycles. The molecule has 1 aromatic rings. The first-order chi connectivity index (χ1) is 8.58. The summed E-state index contributed by atoms with van der Waals surface area (Å²) in [5.41, 5.74) is 6.95. The van der Waals surface area contributed by atoms with Gasteiger partial charge in [-0.05, 0) is 24.0 Å². The summed E-state index contributed by atoms with van der Waals surface area (Å²) < 4.78 is 5.62. The van der Waals surface area contributed by atoms with E-state index in [1.54, 1.807) is 0 Å². The summed E-state index contributed by atoms with van der Waals surface area (Å²) >= 11 is 0.